The number of thiophene rings is 1. The first-order valence-electron chi connectivity index (χ1n) is 10.4. The summed E-state index contributed by atoms with van der Waals surface area (Å²) in [6, 6.07) is 9.59. The van der Waals surface area contributed by atoms with Crippen molar-refractivity contribution in [1.82, 2.24) is 4.90 Å². The van der Waals surface area contributed by atoms with Crippen molar-refractivity contribution in [3.63, 3.8) is 0 Å². The molecule has 1 saturated heterocycles. The van der Waals surface area contributed by atoms with Crippen LogP contribution in [0.3, 0.4) is 0 Å². The van der Waals surface area contributed by atoms with E-state index in [9.17, 15) is 9.59 Å². The Morgan fingerprint density at radius 2 is 1.97 bits per heavy atom. The largest absolute Gasteiger partial charge is 0.497 e. The number of nitrogens with zero attached hydrogens (tertiary/aromatic N) is 2. The van der Waals surface area contributed by atoms with Crippen LogP contribution in [0.15, 0.2) is 29.6 Å². The van der Waals surface area contributed by atoms with Gasteiger partial charge in [-0.2, -0.15) is 5.26 Å². The van der Waals surface area contributed by atoms with Crippen LogP contribution in [0, 0.1) is 17.2 Å². The Bertz CT molecular complexity index is 941. The van der Waals surface area contributed by atoms with Crippen LogP contribution in [0.5, 0.6) is 5.75 Å². The third kappa shape index (κ3) is 5.63. The molecule has 164 valence electrons. The van der Waals surface area contributed by atoms with Crippen molar-refractivity contribution >= 4 is 28.2 Å². The Morgan fingerprint density at radius 1 is 1.26 bits per heavy atom. The number of likely N-dealkylation sites (tertiary alicyclic amines) is 1. The number of methoxy groups -OCH3 is 1. The molecular weight excluding hydrogens is 414 g/mol. The lowest BCUT2D eigenvalue weighted by Gasteiger charge is -2.30. The third-order valence-corrected chi connectivity index (χ3v) is 6.30. The van der Waals surface area contributed by atoms with Gasteiger partial charge in [-0.3, -0.25) is 4.79 Å². The SMILES string of the molecule is CCOC(=O)c1c(-c2ccc(OC)cc2)csc1NC(=O)C1CCN(CCC#N)CC1. The van der Waals surface area contributed by atoms with Crippen LogP contribution < -0.4 is 10.1 Å². The predicted octanol–water partition coefficient (Wildman–Crippen LogP) is 4.16. The average molecular weight is 442 g/mol. The highest BCUT2D eigenvalue weighted by atomic mass is 32.1. The Morgan fingerprint density at radius 3 is 2.58 bits per heavy atom. The Balaban J connectivity index is 1.76. The topological polar surface area (TPSA) is 91.7 Å². The van der Waals surface area contributed by atoms with Crippen LogP contribution in [0.1, 0.15) is 36.5 Å². The van der Waals surface area contributed by atoms with E-state index in [0.29, 0.717) is 17.0 Å². The number of rotatable bonds is 8. The lowest BCUT2D eigenvalue weighted by Crippen LogP contribution is -2.38. The Kier molecular flexibility index (Phi) is 8.04. The molecule has 1 amide bonds. The minimum atomic E-state index is -0.448. The molecule has 2 aromatic rings. The summed E-state index contributed by atoms with van der Waals surface area (Å²) in [5.74, 6) is 0.0935. The van der Waals surface area contributed by atoms with Crippen LogP contribution in [-0.2, 0) is 9.53 Å². The number of ether oxygens (including phenoxy) is 2. The molecule has 1 aromatic carbocycles. The van der Waals surface area contributed by atoms with Gasteiger partial charge in [-0.1, -0.05) is 12.1 Å². The van der Waals surface area contributed by atoms with Crippen molar-refractivity contribution < 1.29 is 19.1 Å². The molecule has 0 atom stereocenters. The molecule has 0 unspecified atom stereocenters. The summed E-state index contributed by atoms with van der Waals surface area (Å²) in [7, 11) is 1.60. The van der Waals surface area contributed by atoms with Crippen molar-refractivity contribution in [3.8, 4) is 22.9 Å². The maximum absolute atomic E-state index is 12.9. The number of anilines is 1. The molecule has 1 aliphatic rings. The molecule has 0 bridgehead atoms. The lowest BCUT2D eigenvalue weighted by atomic mass is 9.95. The summed E-state index contributed by atoms with van der Waals surface area (Å²) in [6.45, 7) is 4.35. The number of piperidine rings is 1. The molecule has 0 spiro atoms. The van der Waals surface area contributed by atoms with Gasteiger partial charge in [0.15, 0.2) is 0 Å². The normalized spacial score (nSPS) is 14.6. The maximum Gasteiger partial charge on any atom is 0.341 e. The number of benzene rings is 1. The molecule has 7 nitrogen and oxygen atoms in total. The van der Waals surface area contributed by atoms with E-state index in [2.05, 4.69) is 16.3 Å². The van der Waals surface area contributed by atoms with E-state index in [0.717, 1.165) is 49.4 Å². The lowest BCUT2D eigenvalue weighted by molar-refractivity contribution is -0.121. The molecule has 0 radical (unpaired) electrons. The number of nitrogens with one attached hydrogen (secondary N) is 1. The number of carbonyl (C=O) groups is 2. The number of hydrogen-bond donors (Lipinski definition) is 1. The molecule has 0 saturated carbocycles. The fourth-order valence-electron chi connectivity index (χ4n) is 3.68. The monoisotopic (exact) mass is 441 g/mol. The summed E-state index contributed by atoms with van der Waals surface area (Å²) < 4.78 is 10.5. The fourth-order valence-corrected chi connectivity index (χ4v) is 4.64. The van der Waals surface area contributed by atoms with E-state index in [-0.39, 0.29) is 18.4 Å². The minimum absolute atomic E-state index is 0.0754. The average Bonchev–Trinajstić information content (AvgIpc) is 3.21. The molecule has 1 aromatic heterocycles. The van der Waals surface area contributed by atoms with Gasteiger partial charge in [0.2, 0.25) is 5.91 Å². The van der Waals surface area contributed by atoms with Gasteiger partial charge >= 0.3 is 5.97 Å². The molecular formula is C23H27N3O4S. The van der Waals surface area contributed by atoms with E-state index >= 15 is 0 Å². The summed E-state index contributed by atoms with van der Waals surface area (Å²) in [5.41, 5.74) is 1.97. The molecule has 1 fully saturated rings. The van der Waals surface area contributed by atoms with E-state index in [4.69, 9.17) is 14.7 Å². The number of esters is 1. The van der Waals surface area contributed by atoms with Crippen molar-refractivity contribution in [3.05, 3.63) is 35.2 Å². The fraction of sp³-hybridized carbons (Fsp3) is 0.435. The number of hydrogen-bond acceptors (Lipinski definition) is 7. The van der Waals surface area contributed by atoms with Crippen LogP contribution in [-0.4, -0.2) is 50.1 Å². The van der Waals surface area contributed by atoms with E-state index in [1.807, 2.05) is 29.6 Å². The first kappa shape index (κ1) is 22.8. The molecule has 1 N–H and O–H groups in total. The van der Waals surface area contributed by atoms with Gasteiger partial charge in [0, 0.05) is 29.8 Å². The van der Waals surface area contributed by atoms with Crippen molar-refractivity contribution in [2.24, 2.45) is 5.92 Å². The zero-order chi connectivity index (χ0) is 22.2. The third-order valence-electron chi connectivity index (χ3n) is 5.41. The van der Waals surface area contributed by atoms with E-state index in [1.54, 1.807) is 14.0 Å². The van der Waals surface area contributed by atoms with Gasteiger partial charge < -0.3 is 19.7 Å². The van der Waals surface area contributed by atoms with Crippen molar-refractivity contribution in [1.29, 1.82) is 5.26 Å². The first-order valence-corrected chi connectivity index (χ1v) is 11.3. The predicted molar refractivity (Wildman–Crippen MR) is 120 cm³/mol. The Hall–Kier alpha value is -2.89. The van der Waals surface area contributed by atoms with Crippen LogP contribution >= 0.6 is 11.3 Å². The van der Waals surface area contributed by atoms with Gasteiger partial charge in [-0.05, 0) is 50.6 Å². The second-order valence-electron chi connectivity index (χ2n) is 7.32. The zero-order valence-electron chi connectivity index (χ0n) is 17.8. The summed E-state index contributed by atoms with van der Waals surface area (Å²) in [4.78, 5) is 27.8. The summed E-state index contributed by atoms with van der Waals surface area (Å²) in [5, 5.41) is 14.1. The van der Waals surface area contributed by atoms with Gasteiger partial charge in [0.05, 0.1) is 19.8 Å². The van der Waals surface area contributed by atoms with Crippen molar-refractivity contribution in [2.45, 2.75) is 26.2 Å². The van der Waals surface area contributed by atoms with Crippen molar-refractivity contribution in [2.75, 3.05) is 38.7 Å². The molecule has 2 heterocycles. The quantitative estimate of drug-likeness (QED) is 0.619. The van der Waals surface area contributed by atoms with Crippen LogP contribution in [0.25, 0.3) is 11.1 Å². The second-order valence-corrected chi connectivity index (χ2v) is 8.20. The standard InChI is InChI=1S/C23H27N3O4S/c1-3-30-23(28)20-19(16-5-7-18(29-2)8-6-16)15-31-22(20)25-21(27)17-9-13-26(14-10-17)12-4-11-24/h5-8,15,17H,3-4,9-10,12-14H2,1-2H3,(H,25,27). The molecule has 0 aliphatic carbocycles. The van der Waals surface area contributed by atoms with Crippen LogP contribution in [0.2, 0.25) is 0 Å². The molecule has 1 aliphatic heterocycles. The number of nitriles is 1. The van der Waals surface area contributed by atoms with E-state index < -0.39 is 5.97 Å². The van der Waals surface area contributed by atoms with Gasteiger partial charge in [-0.15, -0.1) is 11.3 Å². The van der Waals surface area contributed by atoms with Gasteiger partial charge in [-0.25, -0.2) is 4.79 Å². The number of carbonyl (C=O) groups excluding carboxylic acids is 2. The first-order chi connectivity index (χ1) is 15.1. The van der Waals surface area contributed by atoms with Gasteiger partial charge in [0.1, 0.15) is 16.3 Å². The highest BCUT2D eigenvalue weighted by molar-refractivity contribution is 7.15. The second kappa shape index (κ2) is 10.9. The molecule has 3 rings (SSSR count). The summed E-state index contributed by atoms with van der Waals surface area (Å²) >= 11 is 1.33. The van der Waals surface area contributed by atoms with E-state index in [1.165, 1.54) is 11.3 Å². The maximum atomic E-state index is 12.9. The summed E-state index contributed by atoms with van der Waals surface area (Å²) in [6.07, 6.45) is 1.98. The molecule has 31 heavy (non-hydrogen) atoms. The molecule has 8 heteroatoms. The smallest absolute Gasteiger partial charge is 0.341 e. The Labute approximate surface area is 186 Å². The highest BCUT2D eigenvalue weighted by Crippen LogP contribution is 2.37. The zero-order valence-corrected chi connectivity index (χ0v) is 18.7. The number of amides is 1. The van der Waals surface area contributed by atoms with Crippen LogP contribution in [0.4, 0.5) is 5.00 Å². The van der Waals surface area contributed by atoms with Gasteiger partial charge in [0.25, 0.3) is 0 Å². The highest BCUT2D eigenvalue weighted by Gasteiger charge is 2.28. The minimum Gasteiger partial charge on any atom is -0.497 e.